The monoisotopic (exact) mass is 678 g/mol. The highest BCUT2D eigenvalue weighted by Crippen LogP contribution is 2.46. The molecule has 3 heterocycles. The first-order valence-electron chi connectivity index (χ1n) is 16.7. The summed E-state index contributed by atoms with van der Waals surface area (Å²) in [5.74, 6) is 0.359. The van der Waals surface area contributed by atoms with Gasteiger partial charge in [-0.05, 0) is 42.6 Å². The highest BCUT2D eigenvalue weighted by molar-refractivity contribution is 7.79. The van der Waals surface area contributed by atoms with Gasteiger partial charge in [-0.15, -0.1) is 0 Å². The van der Waals surface area contributed by atoms with Crippen molar-refractivity contribution < 1.29 is 36.7 Å². The van der Waals surface area contributed by atoms with Crippen LogP contribution in [0.15, 0.2) is 0 Å². The summed E-state index contributed by atoms with van der Waals surface area (Å²) in [6.45, 7) is 31.9. The second kappa shape index (κ2) is 14.9. The van der Waals surface area contributed by atoms with E-state index < -0.39 is 43.7 Å². The molecule has 0 saturated carbocycles. The Morgan fingerprint density at radius 2 is 1.56 bits per heavy atom. The first-order chi connectivity index (χ1) is 19.8. The molecule has 0 N–H and O–H groups in total. The first-order valence-corrected chi connectivity index (χ1v) is 25.1. The molecule has 0 aromatic rings. The first kappa shape index (κ1) is 37.6. The average molecular weight is 679 g/mol. The van der Waals surface area contributed by atoms with Crippen molar-refractivity contribution in [2.75, 3.05) is 13.2 Å². The third kappa shape index (κ3) is 8.72. The van der Waals surface area contributed by atoms with Crippen LogP contribution in [0.2, 0.25) is 48.9 Å². The van der Waals surface area contributed by atoms with E-state index in [2.05, 4.69) is 95.4 Å². The van der Waals surface area contributed by atoms with E-state index >= 15 is 0 Å². The zero-order valence-electron chi connectivity index (χ0n) is 29.4. The number of hydrogen-bond donors (Lipinski definition) is 0. The molecule has 43 heavy (non-hydrogen) atoms. The Hall–Kier alpha value is 0.101. The molecule has 8 nitrogen and oxygen atoms in total. The van der Waals surface area contributed by atoms with Crippen LogP contribution < -0.4 is 0 Å². The third-order valence-corrected chi connectivity index (χ3v) is 21.4. The predicted octanol–water partition coefficient (Wildman–Crippen LogP) is 7.77. The van der Waals surface area contributed by atoms with E-state index in [-0.39, 0.29) is 58.1 Å². The van der Waals surface area contributed by atoms with E-state index in [0.29, 0.717) is 13.2 Å². The van der Waals surface area contributed by atoms with Gasteiger partial charge in [0.2, 0.25) is 0 Å². The Morgan fingerprint density at radius 1 is 0.930 bits per heavy atom. The molecule has 0 aliphatic carbocycles. The molecular formula is C31H62O8SSi3. The average Bonchev–Trinajstić information content (AvgIpc) is 3.19. The van der Waals surface area contributed by atoms with Gasteiger partial charge in [-0.25, -0.2) is 0 Å². The van der Waals surface area contributed by atoms with Crippen LogP contribution >= 0.6 is 12.2 Å². The van der Waals surface area contributed by atoms with Crippen molar-refractivity contribution in [3.8, 4) is 0 Å². The molecule has 0 aromatic carbocycles. The normalized spacial score (nSPS) is 38.6. The van der Waals surface area contributed by atoms with Gasteiger partial charge in [0, 0.05) is 32.1 Å². The molecule has 0 radical (unpaired) electrons. The smallest absolute Gasteiger partial charge is 0.352 e. The molecule has 12 heteroatoms. The summed E-state index contributed by atoms with van der Waals surface area (Å²) in [6, 6.07) is 0.990. The zero-order chi connectivity index (χ0) is 32.5. The van der Waals surface area contributed by atoms with Crippen molar-refractivity contribution in [3.63, 3.8) is 0 Å². The minimum Gasteiger partial charge on any atom is -0.457 e. The lowest BCUT2D eigenvalue weighted by Crippen LogP contribution is -2.64. The van der Waals surface area contributed by atoms with Crippen LogP contribution in [0.25, 0.3) is 0 Å². The summed E-state index contributed by atoms with van der Waals surface area (Å²) in [4.78, 5) is 0. The number of ether oxygens (including phenoxy) is 5. The van der Waals surface area contributed by atoms with Crippen LogP contribution in [-0.4, -0.2) is 86.6 Å². The van der Waals surface area contributed by atoms with Gasteiger partial charge in [-0.2, -0.15) is 0 Å². The van der Waals surface area contributed by atoms with Crippen LogP contribution in [-0.2, 0) is 36.7 Å². The fourth-order valence-electron chi connectivity index (χ4n) is 6.43. The number of fused-ring (bicyclic) bond motifs is 1. The number of rotatable bonds is 10. The maximum atomic E-state index is 7.29. The Labute approximate surface area is 271 Å². The van der Waals surface area contributed by atoms with Crippen molar-refractivity contribution in [1.82, 2.24) is 0 Å². The van der Waals surface area contributed by atoms with E-state index in [1.807, 2.05) is 0 Å². The molecule has 3 rings (SSSR count). The summed E-state index contributed by atoms with van der Waals surface area (Å²) in [5.41, 5.74) is 0.617. The summed E-state index contributed by atoms with van der Waals surface area (Å²) in [6.07, 6.45) is -1.16. The Morgan fingerprint density at radius 3 is 2.09 bits per heavy atom. The van der Waals surface area contributed by atoms with Crippen molar-refractivity contribution in [3.05, 3.63) is 0 Å². The molecule has 0 spiro atoms. The Balaban J connectivity index is 1.99. The quantitative estimate of drug-likeness (QED) is 0.170. The van der Waals surface area contributed by atoms with Crippen molar-refractivity contribution in [1.29, 1.82) is 0 Å². The molecular weight excluding hydrogens is 617 g/mol. The second-order valence-electron chi connectivity index (χ2n) is 15.3. The summed E-state index contributed by atoms with van der Waals surface area (Å²) >= 11 is 5.66. The summed E-state index contributed by atoms with van der Waals surface area (Å²) in [5, 5.41) is 0.115. The molecule has 3 aliphatic heterocycles. The van der Waals surface area contributed by atoms with Gasteiger partial charge in [0.05, 0.1) is 31.5 Å². The van der Waals surface area contributed by atoms with E-state index in [9.17, 15) is 0 Å². The molecule has 0 bridgehead atoms. The topological polar surface area (TPSA) is 73.8 Å². The van der Waals surface area contributed by atoms with E-state index in [0.717, 1.165) is 12.5 Å². The van der Waals surface area contributed by atoms with E-state index in [4.69, 9.17) is 48.9 Å². The van der Waals surface area contributed by atoms with Gasteiger partial charge >= 0.3 is 22.4 Å². The minimum absolute atomic E-state index is 0.0687. The molecule has 3 fully saturated rings. The highest BCUT2D eigenvalue weighted by Gasteiger charge is 2.61. The van der Waals surface area contributed by atoms with Crippen LogP contribution in [0.5, 0.6) is 0 Å². The third-order valence-electron chi connectivity index (χ3n) is 9.89. The lowest BCUT2D eigenvalue weighted by molar-refractivity contribution is -0.251. The highest BCUT2D eigenvalue weighted by atomic mass is 32.1. The second-order valence-corrected chi connectivity index (χ2v) is 29.6. The largest absolute Gasteiger partial charge is 0.457 e. The zero-order valence-corrected chi connectivity index (χ0v) is 33.2. The maximum absolute atomic E-state index is 7.29. The van der Waals surface area contributed by atoms with Crippen molar-refractivity contribution in [2.45, 2.75) is 167 Å². The van der Waals surface area contributed by atoms with Gasteiger partial charge in [0.25, 0.3) is 0 Å². The fourth-order valence-corrected chi connectivity index (χ4v) is 16.5. The van der Waals surface area contributed by atoms with Gasteiger partial charge in [-0.3, -0.25) is 0 Å². The molecule has 3 saturated heterocycles. The fraction of sp³-hybridized carbons (Fsp3) is 0.968. The predicted molar refractivity (Wildman–Crippen MR) is 183 cm³/mol. The standard InChI is InChI=1S/C31H62O8SSi3/c1-15-25-23(9)27(22(8)24(10)34-25)36-30-29(37-31(40)32-16-17-41(11,12)13)28-26(35-30)18-33-42(14,19(2)3)39-43(38-28,20(4)5)21(6)7/h19-30H,15-18H2,1-14H3/t22?,23-,24-,25?,26-,27-,28-,29?,30-,42?/m0/s1. The van der Waals surface area contributed by atoms with Crippen molar-refractivity contribution in [2.24, 2.45) is 11.8 Å². The van der Waals surface area contributed by atoms with Crippen LogP contribution in [0.4, 0.5) is 0 Å². The molecule has 3 aliphatic rings. The number of hydrogen-bond acceptors (Lipinski definition) is 9. The molecule has 252 valence electrons. The van der Waals surface area contributed by atoms with Crippen LogP contribution in [0, 0.1) is 11.8 Å². The molecule has 4 unspecified atom stereocenters. The molecule has 10 atom stereocenters. The Bertz CT molecular complexity index is 910. The van der Waals surface area contributed by atoms with Gasteiger partial charge in [0.1, 0.15) is 12.2 Å². The Kier molecular flexibility index (Phi) is 13.0. The maximum Gasteiger partial charge on any atom is 0.352 e. The minimum atomic E-state index is -2.86. The molecule has 0 amide bonds. The van der Waals surface area contributed by atoms with Crippen LogP contribution in [0.3, 0.4) is 0 Å². The molecule has 0 aromatic heterocycles. The number of thiocarbonyl (C=S) groups is 1. The van der Waals surface area contributed by atoms with E-state index in [1.54, 1.807) is 0 Å². The van der Waals surface area contributed by atoms with Gasteiger partial charge in [-0.1, -0.05) is 82.0 Å². The lowest BCUT2D eigenvalue weighted by atomic mass is 9.82. The van der Waals surface area contributed by atoms with Crippen LogP contribution in [0.1, 0.15) is 75.7 Å². The lowest BCUT2D eigenvalue weighted by Gasteiger charge is -2.49. The summed E-state index contributed by atoms with van der Waals surface area (Å²) in [7, 11) is -6.77. The SMILES string of the molecule is CCC1O[C@@H](C)C(C)[C@H](O[C@@H]2O[C@H]3CO[Si](C)(C(C)C)O[Si](C(C)C)(C(C)C)O[C@@H]3C2OC(=S)OCC[Si](C)(C)C)[C@H]1C. The van der Waals surface area contributed by atoms with Crippen molar-refractivity contribution >= 4 is 42.7 Å². The van der Waals surface area contributed by atoms with Gasteiger partial charge in [0.15, 0.2) is 12.4 Å². The van der Waals surface area contributed by atoms with Gasteiger partial charge < -0.3 is 36.7 Å². The summed E-state index contributed by atoms with van der Waals surface area (Å²) < 4.78 is 53.7. The van der Waals surface area contributed by atoms with E-state index in [1.165, 1.54) is 0 Å².